The van der Waals surface area contributed by atoms with Gasteiger partial charge in [-0.15, -0.1) is 11.3 Å². The van der Waals surface area contributed by atoms with Crippen molar-refractivity contribution in [1.29, 1.82) is 0 Å². The van der Waals surface area contributed by atoms with Crippen LogP contribution in [0.15, 0.2) is 22.0 Å². The molecule has 0 aromatic carbocycles. The van der Waals surface area contributed by atoms with E-state index in [1.54, 1.807) is 18.9 Å². The van der Waals surface area contributed by atoms with Crippen molar-refractivity contribution in [2.45, 2.75) is 26.4 Å². The molecule has 1 amide bonds. The maximum absolute atomic E-state index is 12.6. The molecule has 0 saturated carbocycles. The predicted octanol–water partition coefficient (Wildman–Crippen LogP) is 2.94. The predicted molar refractivity (Wildman–Crippen MR) is 77.7 cm³/mol. The molecule has 2 aromatic rings. The Hall–Kier alpha value is -1.66. The van der Waals surface area contributed by atoms with Gasteiger partial charge in [0.25, 0.3) is 5.91 Å². The Bertz CT molecular complexity index is 575. The number of nitrogens with zero attached hydrogens (tertiary/aromatic N) is 2. The zero-order valence-electron chi connectivity index (χ0n) is 11.8. The van der Waals surface area contributed by atoms with Crippen LogP contribution in [0.25, 0.3) is 10.6 Å². The monoisotopic (exact) mass is 294 g/mol. The second kappa shape index (κ2) is 6.19. The number of aromatic nitrogens is 1. The first-order chi connectivity index (χ1) is 9.56. The number of rotatable bonds is 5. The van der Waals surface area contributed by atoms with E-state index in [-0.39, 0.29) is 11.7 Å². The third kappa shape index (κ3) is 2.76. The van der Waals surface area contributed by atoms with Gasteiger partial charge in [-0.1, -0.05) is 18.1 Å². The summed E-state index contributed by atoms with van der Waals surface area (Å²) in [5.41, 5.74) is 0.863. The molecule has 108 valence electrons. The summed E-state index contributed by atoms with van der Waals surface area (Å²) in [6.07, 6.45) is -0.00326. The average molecular weight is 294 g/mol. The summed E-state index contributed by atoms with van der Waals surface area (Å²) in [5, 5.41) is 15.7. The van der Waals surface area contributed by atoms with Gasteiger partial charge in [0.05, 0.1) is 4.88 Å². The number of hydrogen-bond donors (Lipinski definition) is 1. The summed E-state index contributed by atoms with van der Waals surface area (Å²) < 4.78 is 5.19. The lowest BCUT2D eigenvalue weighted by Gasteiger charge is -2.16. The molecular formula is C14H18N2O3S. The van der Waals surface area contributed by atoms with Crippen LogP contribution in [0, 0.1) is 0 Å². The van der Waals surface area contributed by atoms with Gasteiger partial charge in [0.2, 0.25) is 0 Å². The minimum Gasteiger partial charge on any atom is -0.385 e. The minimum atomic E-state index is -0.870. The van der Waals surface area contributed by atoms with E-state index in [0.29, 0.717) is 17.8 Å². The van der Waals surface area contributed by atoms with E-state index in [0.717, 1.165) is 11.3 Å². The average Bonchev–Trinajstić information content (AvgIpc) is 3.06. The highest BCUT2D eigenvalue weighted by molar-refractivity contribution is 7.13. The van der Waals surface area contributed by atoms with Gasteiger partial charge in [-0.3, -0.25) is 4.79 Å². The molecule has 1 N–H and O–H groups in total. The molecule has 2 heterocycles. The topological polar surface area (TPSA) is 66.6 Å². The highest BCUT2D eigenvalue weighted by Crippen LogP contribution is 2.32. The highest BCUT2D eigenvalue weighted by atomic mass is 32.1. The zero-order chi connectivity index (χ0) is 14.7. The van der Waals surface area contributed by atoms with Gasteiger partial charge in [-0.2, -0.15) is 0 Å². The molecule has 0 bridgehead atoms. The lowest BCUT2D eigenvalue weighted by molar-refractivity contribution is 0.0783. The van der Waals surface area contributed by atoms with E-state index in [1.807, 2.05) is 24.4 Å². The fourth-order valence-corrected chi connectivity index (χ4v) is 2.72. The number of aliphatic hydroxyl groups excluding tert-OH is 1. The quantitative estimate of drug-likeness (QED) is 0.920. The van der Waals surface area contributed by atoms with Crippen molar-refractivity contribution in [3.05, 3.63) is 28.8 Å². The van der Waals surface area contributed by atoms with E-state index < -0.39 is 6.10 Å². The summed E-state index contributed by atoms with van der Waals surface area (Å²) in [5.74, 6) is 0.0498. The van der Waals surface area contributed by atoms with Crippen molar-refractivity contribution in [3.63, 3.8) is 0 Å². The van der Waals surface area contributed by atoms with Gasteiger partial charge in [0, 0.05) is 13.6 Å². The van der Waals surface area contributed by atoms with Gasteiger partial charge in [0.15, 0.2) is 5.76 Å². The molecule has 0 fully saturated rings. The van der Waals surface area contributed by atoms with E-state index in [4.69, 9.17) is 4.52 Å². The van der Waals surface area contributed by atoms with Gasteiger partial charge in [-0.25, -0.2) is 0 Å². The smallest absolute Gasteiger partial charge is 0.259 e. The fourth-order valence-electron chi connectivity index (χ4n) is 2.00. The van der Waals surface area contributed by atoms with Crippen molar-refractivity contribution in [3.8, 4) is 10.6 Å². The van der Waals surface area contributed by atoms with Crippen LogP contribution in [0.2, 0.25) is 0 Å². The number of amides is 1. The number of carbonyl (C=O) groups is 1. The fraction of sp³-hybridized carbons (Fsp3) is 0.429. The molecule has 2 aromatic heterocycles. The van der Waals surface area contributed by atoms with Gasteiger partial charge in [-0.05, 0) is 24.8 Å². The molecule has 20 heavy (non-hydrogen) atoms. The number of carbonyl (C=O) groups excluding carboxylic acids is 1. The molecule has 0 spiro atoms. The first-order valence-corrected chi connectivity index (χ1v) is 7.41. The number of aliphatic hydroxyl groups is 1. The van der Waals surface area contributed by atoms with Crippen molar-refractivity contribution in [1.82, 2.24) is 10.1 Å². The van der Waals surface area contributed by atoms with Crippen molar-refractivity contribution >= 4 is 17.2 Å². The largest absolute Gasteiger partial charge is 0.385 e. The molecule has 0 aliphatic carbocycles. The Labute approximate surface area is 121 Å². The SMILES string of the molecule is CCCN(C)C(=O)c1c(-c2cccs2)noc1C(C)O. The Balaban J connectivity index is 2.48. The lowest BCUT2D eigenvalue weighted by atomic mass is 10.1. The Morgan fingerprint density at radius 3 is 2.90 bits per heavy atom. The van der Waals surface area contributed by atoms with Crippen LogP contribution in [-0.4, -0.2) is 34.7 Å². The van der Waals surface area contributed by atoms with Crippen molar-refractivity contribution in [2.24, 2.45) is 0 Å². The third-order valence-electron chi connectivity index (χ3n) is 2.97. The lowest BCUT2D eigenvalue weighted by Crippen LogP contribution is -2.28. The molecule has 5 nitrogen and oxygen atoms in total. The summed E-state index contributed by atoms with van der Waals surface area (Å²) in [7, 11) is 1.74. The van der Waals surface area contributed by atoms with Crippen LogP contribution in [0.4, 0.5) is 0 Å². The zero-order valence-corrected chi connectivity index (χ0v) is 12.6. The molecule has 0 radical (unpaired) electrons. The minimum absolute atomic E-state index is 0.174. The first-order valence-electron chi connectivity index (χ1n) is 6.53. The highest BCUT2D eigenvalue weighted by Gasteiger charge is 2.28. The molecule has 2 rings (SSSR count). The van der Waals surface area contributed by atoms with E-state index in [2.05, 4.69) is 5.16 Å². The Morgan fingerprint density at radius 2 is 2.35 bits per heavy atom. The van der Waals surface area contributed by atoms with E-state index in [1.165, 1.54) is 11.3 Å². The summed E-state index contributed by atoms with van der Waals surface area (Å²) >= 11 is 1.48. The summed E-state index contributed by atoms with van der Waals surface area (Å²) in [6.45, 7) is 4.22. The second-order valence-electron chi connectivity index (χ2n) is 4.65. The van der Waals surface area contributed by atoms with Crippen LogP contribution in [-0.2, 0) is 0 Å². The summed E-state index contributed by atoms with van der Waals surface area (Å²) in [6, 6.07) is 3.77. The maximum atomic E-state index is 12.6. The summed E-state index contributed by atoms with van der Waals surface area (Å²) in [4.78, 5) is 15.0. The van der Waals surface area contributed by atoms with Crippen LogP contribution < -0.4 is 0 Å². The van der Waals surface area contributed by atoms with E-state index >= 15 is 0 Å². The number of thiophene rings is 1. The standard InChI is InChI=1S/C14H18N2O3S/c1-4-7-16(3)14(18)11-12(10-6-5-8-20-10)15-19-13(11)9(2)17/h5-6,8-9,17H,4,7H2,1-3H3. The number of hydrogen-bond acceptors (Lipinski definition) is 5. The van der Waals surface area contributed by atoms with Gasteiger partial charge < -0.3 is 14.5 Å². The van der Waals surface area contributed by atoms with Crippen LogP contribution in [0.1, 0.15) is 42.5 Å². The van der Waals surface area contributed by atoms with Crippen molar-refractivity contribution in [2.75, 3.05) is 13.6 Å². The molecule has 1 atom stereocenters. The van der Waals surface area contributed by atoms with Crippen molar-refractivity contribution < 1.29 is 14.4 Å². The molecule has 1 unspecified atom stereocenters. The second-order valence-corrected chi connectivity index (χ2v) is 5.60. The molecule has 6 heteroatoms. The molecule has 0 aliphatic heterocycles. The van der Waals surface area contributed by atoms with Crippen LogP contribution in [0.5, 0.6) is 0 Å². The van der Waals surface area contributed by atoms with Crippen LogP contribution >= 0.6 is 11.3 Å². The third-order valence-corrected chi connectivity index (χ3v) is 3.85. The Kier molecular flexibility index (Phi) is 4.57. The van der Waals surface area contributed by atoms with Gasteiger partial charge in [0.1, 0.15) is 17.4 Å². The normalized spacial score (nSPS) is 12.4. The Morgan fingerprint density at radius 1 is 1.60 bits per heavy atom. The maximum Gasteiger partial charge on any atom is 0.259 e. The van der Waals surface area contributed by atoms with E-state index in [9.17, 15) is 9.90 Å². The molecule has 0 saturated heterocycles. The van der Waals surface area contributed by atoms with Gasteiger partial charge >= 0.3 is 0 Å². The molecular weight excluding hydrogens is 276 g/mol. The molecule has 0 aliphatic rings. The first kappa shape index (κ1) is 14.7. The van der Waals surface area contributed by atoms with Crippen LogP contribution in [0.3, 0.4) is 0 Å².